The number of fused-ring (bicyclic) bond motifs is 1. The molecular weight excluding hydrogens is 318 g/mol. The summed E-state index contributed by atoms with van der Waals surface area (Å²) in [6.45, 7) is 0.915. The van der Waals surface area contributed by atoms with Gasteiger partial charge in [-0.05, 0) is 31.7 Å². The minimum atomic E-state index is -3.13. The third-order valence-electron chi connectivity index (χ3n) is 4.62. The van der Waals surface area contributed by atoms with E-state index in [1.807, 2.05) is 6.07 Å². The van der Waals surface area contributed by atoms with Crippen molar-refractivity contribution in [2.24, 2.45) is 0 Å². The average molecular weight is 341 g/mol. The Hall–Kier alpha value is -1.54. The molecule has 0 bridgehead atoms. The van der Waals surface area contributed by atoms with Gasteiger partial charge in [0.1, 0.15) is 5.76 Å². The first-order chi connectivity index (χ1) is 10.9. The molecule has 0 saturated carbocycles. The van der Waals surface area contributed by atoms with E-state index in [0.717, 1.165) is 30.6 Å². The van der Waals surface area contributed by atoms with Gasteiger partial charge >= 0.3 is 6.03 Å². The molecule has 0 spiro atoms. The number of hydrogen-bond acceptors (Lipinski definition) is 4. The number of sulfonamides is 1. The van der Waals surface area contributed by atoms with Crippen molar-refractivity contribution < 1.29 is 17.6 Å². The molecule has 1 aromatic rings. The molecular formula is C15H23N3O4S. The van der Waals surface area contributed by atoms with Crippen LogP contribution in [0.3, 0.4) is 0 Å². The number of piperidine rings is 1. The fourth-order valence-corrected chi connectivity index (χ4v) is 4.23. The highest BCUT2D eigenvalue weighted by Gasteiger charge is 2.28. The topological polar surface area (TPSA) is 91.7 Å². The molecule has 0 radical (unpaired) electrons. The molecule has 7 nitrogen and oxygen atoms in total. The molecule has 2 heterocycles. The minimum Gasteiger partial charge on any atom is -0.469 e. The van der Waals surface area contributed by atoms with Crippen LogP contribution >= 0.6 is 0 Å². The first kappa shape index (κ1) is 16.3. The van der Waals surface area contributed by atoms with E-state index in [1.165, 1.54) is 10.6 Å². The first-order valence-corrected chi connectivity index (χ1v) is 9.87. The van der Waals surface area contributed by atoms with Crippen molar-refractivity contribution in [2.75, 3.05) is 19.3 Å². The fourth-order valence-electron chi connectivity index (χ4n) is 3.35. The molecule has 0 aromatic carbocycles. The van der Waals surface area contributed by atoms with E-state index >= 15 is 0 Å². The second kappa shape index (κ2) is 6.52. The second-order valence-corrected chi connectivity index (χ2v) is 8.28. The zero-order valence-corrected chi connectivity index (χ0v) is 14.1. The summed E-state index contributed by atoms with van der Waals surface area (Å²) in [5, 5.41) is 5.97. The summed E-state index contributed by atoms with van der Waals surface area (Å²) in [5.74, 6) is 0.961. The maximum atomic E-state index is 12.2. The molecule has 1 unspecified atom stereocenters. The Morgan fingerprint density at radius 1 is 1.26 bits per heavy atom. The van der Waals surface area contributed by atoms with E-state index in [0.29, 0.717) is 25.9 Å². The van der Waals surface area contributed by atoms with Crippen LogP contribution in [0.15, 0.2) is 16.7 Å². The lowest BCUT2D eigenvalue weighted by Gasteiger charge is -2.31. The number of amides is 2. The normalized spacial score (nSPS) is 23.3. The van der Waals surface area contributed by atoms with Gasteiger partial charge in [-0.2, -0.15) is 0 Å². The van der Waals surface area contributed by atoms with Crippen molar-refractivity contribution >= 4 is 16.1 Å². The van der Waals surface area contributed by atoms with E-state index in [4.69, 9.17) is 4.42 Å². The Bertz CT molecular complexity index is 662. The number of hydrogen-bond donors (Lipinski definition) is 2. The Morgan fingerprint density at radius 2 is 2.00 bits per heavy atom. The van der Waals surface area contributed by atoms with E-state index in [9.17, 15) is 13.2 Å². The van der Waals surface area contributed by atoms with Gasteiger partial charge in [0.15, 0.2) is 0 Å². The number of nitrogens with zero attached hydrogens (tertiary/aromatic N) is 1. The van der Waals surface area contributed by atoms with Gasteiger partial charge in [-0.25, -0.2) is 17.5 Å². The smallest absolute Gasteiger partial charge is 0.315 e. The zero-order valence-electron chi connectivity index (χ0n) is 13.2. The third-order valence-corrected chi connectivity index (χ3v) is 5.92. The van der Waals surface area contributed by atoms with E-state index in [2.05, 4.69) is 10.6 Å². The molecule has 2 amide bonds. The van der Waals surface area contributed by atoms with Crippen LogP contribution in [0.25, 0.3) is 0 Å². The molecule has 2 aliphatic rings. The van der Waals surface area contributed by atoms with Gasteiger partial charge in [-0.15, -0.1) is 0 Å². The number of nitrogens with one attached hydrogen (secondary N) is 2. The van der Waals surface area contributed by atoms with Crippen LogP contribution in [0.4, 0.5) is 4.79 Å². The molecule has 23 heavy (non-hydrogen) atoms. The molecule has 1 aromatic heterocycles. The quantitative estimate of drug-likeness (QED) is 0.869. The number of furan rings is 1. The van der Waals surface area contributed by atoms with Crippen molar-refractivity contribution in [3.63, 3.8) is 0 Å². The van der Waals surface area contributed by atoms with Crippen molar-refractivity contribution in [3.8, 4) is 0 Å². The summed E-state index contributed by atoms with van der Waals surface area (Å²) < 4.78 is 29.9. The maximum Gasteiger partial charge on any atom is 0.315 e. The monoisotopic (exact) mass is 341 g/mol. The van der Waals surface area contributed by atoms with Crippen LogP contribution in [0.2, 0.25) is 0 Å². The highest BCUT2D eigenvalue weighted by atomic mass is 32.2. The summed E-state index contributed by atoms with van der Waals surface area (Å²) >= 11 is 0. The number of urea groups is 1. The fraction of sp³-hybridized carbons (Fsp3) is 0.667. The number of carbonyl (C=O) groups excluding carboxylic acids is 1. The maximum absolute atomic E-state index is 12.2. The van der Waals surface area contributed by atoms with Crippen LogP contribution in [-0.4, -0.2) is 44.1 Å². The molecule has 1 atom stereocenters. The number of aryl methyl sites for hydroxylation is 1. The third kappa shape index (κ3) is 3.87. The first-order valence-electron chi connectivity index (χ1n) is 8.02. The largest absolute Gasteiger partial charge is 0.469 e. The number of rotatable bonds is 3. The van der Waals surface area contributed by atoms with Crippen LogP contribution in [0, 0.1) is 0 Å². The number of carbonyl (C=O) groups is 1. The van der Waals surface area contributed by atoms with E-state index in [1.54, 1.807) is 6.26 Å². The molecule has 1 aliphatic carbocycles. The summed E-state index contributed by atoms with van der Waals surface area (Å²) in [6.07, 6.45) is 7.00. The average Bonchev–Trinajstić information content (AvgIpc) is 2.96. The highest BCUT2D eigenvalue weighted by Crippen LogP contribution is 2.30. The lowest BCUT2D eigenvalue weighted by molar-refractivity contribution is 0.222. The van der Waals surface area contributed by atoms with E-state index in [-0.39, 0.29) is 18.1 Å². The summed E-state index contributed by atoms with van der Waals surface area (Å²) in [7, 11) is -3.13. The molecule has 3 rings (SSSR count). The van der Waals surface area contributed by atoms with Gasteiger partial charge in [0.25, 0.3) is 0 Å². The Morgan fingerprint density at radius 3 is 2.70 bits per heavy atom. The highest BCUT2D eigenvalue weighted by molar-refractivity contribution is 7.88. The minimum absolute atomic E-state index is 0.00592. The molecule has 1 saturated heterocycles. The SMILES string of the molecule is CS(=O)(=O)N1CCC(NC(=O)NC2CCCc3occc32)CC1. The van der Waals surface area contributed by atoms with Gasteiger partial charge in [0.2, 0.25) is 10.0 Å². The predicted molar refractivity (Wildman–Crippen MR) is 85.5 cm³/mol. The zero-order chi connectivity index (χ0) is 16.4. The van der Waals surface area contributed by atoms with Gasteiger partial charge in [0, 0.05) is 31.1 Å². The lowest BCUT2D eigenvalue weighted by atomic mass is 9.93. The van der Waals surface area contributed by atoms with Gasteiger partial charge in [0.05, 0.1) is 18.6 Å². The van der Waals surface area contributed by atoms with Crippen molar-refractivity contribution in [2.45, 2.75) is 44.2 Å². The van der Waals surface area contributed by atoms with Crippen molar-refractivity contribution in [1.82, 2.24) is 14.9 Å². The van der Waals surface area contributed by atoms with Crippen LogP contribution in [0.1, 0.15) is 43.0 Å². The molecule has 8 heteroatoms. The predicted octanol–water partition coefficient (Wildman–Crippen LogP) is 1.38. The molecule has 1 aliphatic heterocycles. The Labute approximate surface area is 136 Å². The van der Waals surface area contributed by atoms with Crippen molar-refractivity contribution in [1.29, 1.82) is 0 Å². The molecule has 128 valence electrons. The Kier molecular flexibility index (Phi) is 4.63. The standard InChI is InChI=1S/C15H23N3O4S/c1-23(20,21)18-8-5-11(6-9-18)16-15(19)17-13-3-2-4-14-12(13)7-10-22-14/h7,10-11,13H,2-6,8-9H2,1H3,(H2,16,17,19). The molecule has 1 fully saturated rings. The summed E-state index contributed by atoms with van der Waals surface area (Å²) in [4.78, 5) is 12.2. The molecule has 2 N–H and O–H groups in total. The summed E-state index contributed by atoms with van der Waals surface area (Å²) in [6, 6.07) is 1.74. The van der Waals surface area contributed by atoms with Gasteiger partial charge in [-0.1, -0.05) is 0 Å². The van der Waals surface area contributed by atoms with Crippen LogP contribution in [-0.2, 0) is 16.4 Å². The summed E-state index contributed by atoms with van der Waals surface area (Å²) in [5.41, 5.74) is 1.07. The Balaban J connectivity index is 1.50. The van der Waals surface area contributed by atoms with Crippen LogP contribution in [0.5, 0.6) is 0 Å². The van der Waals surface area contributed by atoms with Crippen LogP contribution < -0.4 is 10.6 Å². The van der Waals surface area contributed by atoms with Gasteiger partial charge in [-0.3, -0.25) is 0 Å². The van der Waals surface area contributed by atoms with Crippen molar-refractivity contribution in [3.05, 3.63) is 23.7 Å². The lowest BCUT2D eigenvalue weighted by Crippen LogP contribution is -2.49. The van der Waals surface area contributed by atoms with E-state index < -0.39 is 10.0 Å². The second-order valence-electron chi connectivity index (χ2n) is 6.30. The van der Waals surface area contributed by atoms with Gasteiger partial charge < -0.3 is 15.1 Å².